The maximum absolute atomic E-state index is 12.2. The molecule has 0 unspecified atom stereocenters. The number of carbonyl (C=O) groups is 2. The topological polar surface area (TPSA) is 139 Å². The number of carbonyl (C=O) groups excluding carboxylic acids is 1. The summed E-state index contributed by atoms with van der Waals surface area (Å²) in [6.07, 6.45) is 8.87. The number of ether oxygens (including phenoxy) is 1. The fraction of sp³-hybridized carbons (Fsp3) is 0.128. The molecule has 10 nitrogen and oxygen atoms in total. The lowest BCUT2D eigenvalue weighted by Gasteiger charge is -2.12. The number of halogens is 2. The van der Waals surface area contributed by atoms with Crippen molar-refractivity contribution in [2.45, 2.75) is 25.7 Å². The van der Waals surface area contributed by atoms with Gasteiger partial charge < -0.3 is 20.5 Å². The minimum absolute atomic E-state index is 0.199. The Labute approximate surface area is 304 Å². The molecule has 0 spiro atoms. The van der Waals surface area contributed by atoms with Crippen molar-refractivity contribution in [1.29, 1.82) is 0 Å². The predicted octanol–water partition coefficient (Wildman–Crippen LogP) is 9.75. The van der Waals surface area contributed by atoms with Crippen molar-refractivity contribution in [3.05, 3.63) is 142 Å². The summed E-state index contributed by atoms with van der Waals surface area (Å²) in [7, 11) is 1.39. The van der Waals surface area contributed by atoms with Gasteiger partial charge in [-0.3, -0.25) is 0 Å². The Hall–Kier alpha value is -5.84. The van der Waals surface area contributed by atoms with Crippen LogP contribution in [0.5, 0.6) is 0 Å². The predicted molar refractivity (Wildman–Crippen MR) is 199 cm³/mol. The lowest BCUT2D eigenvalue weighted by Crippen LogP contribution is -2.07. The first-order valence-electron chi connectivity index (χ1n) is 15.9. The van der Waals surface area contributed by atoms with Gasteiger partial charge in [-0.2, -0.15) is 0 Å². The first kappa shape index (κ1) is 35.0. The van der Waals surface area contributed by atoms with Crippen molar-refractivity contribution in [2.24, 2.45) is 0 Å². The van der Waals surface area contributed by atoms with Gasteiger partial charge in [0.15, 0.2) is 11.6 Å². The van der Waals surface area contributed by atoms with Crippen molar-refractivity contribution < 1.29 is 19.4 Å². The maximum Gasteiger partial charge on any atom is 0.339 e. The zero-order chi connectivity index (χ0) is 35.9. The maximum atomic E-state index is 12.2. The van der Waals surface area contributed by atoms with Gasteiger partial charge in [-0.25, -0.2) is 29.5 Å². The molecule has 0 radical (unpaired) electrons. The number of carboxylic acids is 1. The molecule has 1 fully saturated rings. The van der Waals surface area contributed by atoms with Gasteiger partial charge in [-0.05, 0) is 79.8 Å². The largest absolute Gasteiger partial charge is 0.478 e. The highest BCUT2D eigenvalue weighted by Gasteiger charge is 2.25. The van der Waals surface area contributed by atoms with E-state index in [4.69, 9.17) is 27.9 Å². The zero-order valence-corrected chi connectivity index (χ0v) is 29.1. The number of carboxylic acid groups (broad SMARTS) is 1. The van der Waals surface area contributed by atoms with Crippen LogP contribution >= 0.6 is 23.2 Å². The number of hydrogen-bond acceptors (Lipinski definition) is 9. The second-order valence-corrected chi connectivity index (χ2v) is 12.5. The molecule has 3 N–H and O–H groups in total. The van der Waals surface area contributed by atoms with Crippen LogP contribution in [0.1, 0.15) is 50.6 Å². The molecule has 0 aliphatic heterocycles. The molecule has 1 aliphatic rings. The highest BCUT2D eigenvalue weighted by atomic mass is 35.5. The number of aromatic nitrogens is 4. The molecule has 7 rings (SSSR count). The molecule has 0 atom stereocenters. The Morgan fingerprint density at radius 2 is 1.20 bits per heavy atom. The van der Waals surface area contributed by atoms with E-state index in [1.165, 1.54) is 25.5 Å². The van der Waals surface area contributed by atoms with Gasteiger partial charge in [0.25, 0.3) is 0 Å². The second-order valence-electron chi connectivity index (χ2n) is 11.7. The standard InChI is InChI=1S/C21H18ClN3O2.C18H14ClN3O2/c1-27-21(26)17-10-14(13-6-7-13)8-9-19(17)25-15-11-23-20(24-12-15)16-4-2-3-5-18(16)22;1-11-6-7-16(14(8-11)18(23)24)22-12-9-20-17(21-10-12)13-4-2-3-5-15(13)19/h2-5,8-13,25H,6-7H2,1H3;2-10,22H,1H3,(H,23,24). The molecule has 12 heteroatoms. The summed E-state index contributed by atoms with van der Waals surface area (Å²) < 4.78 is 4.94. The normalized spacial score (nSPS) is 11.9. The van der Waals surface area contributed by atoms with Gasteiger partial charge in [0.05, 0.1) is 75.8 Å². The second kappa shape index (κ2) is 15.8. The van der Waals surface area contributed by atoms with E-state index in [-0.39, 0.29) is 11.5 Å². The number of aryl methyl sites for hydroxylation is 1. The van der Waals surface area contributed by atoms with Crippen LogP contribution in [0.25, 0.3) is 22.8 Å². The minimum Gasteiger partial charge on any atom is -0.478 e. The van der Waals surface area contributed by atoms with Gasteiger partial charge in [0.2, 0.25) is 0 Å². The third-order valence-corrected chi connectivity index (χ3v) is 8.65. The molecule has 2 heterocycles. The highest BCUT2D eigenvalue weighted by Crippen LogP contribution is 2.41. The summed E-state index contributed by atoms with van der Waals surface area (Å²) in [6, 6.07) is 25.8. The highest BCUT2D eigenvalue weighted by molar-refractivity contribution is 6.33. The molecule has 2 aromatic heterocycles. The van der Waals surface area contributed by atoms with Gasteiger partial charge in [0.1, 0.15) is 0 Å². The molecular weight excluding hydrogens is 687 g/mol. The van der Waals surface area contributed by atoms with E-state index in [2.05, 4.69) is 30.6 Å². The zero-order valence-electron chi connectivity index (χ0n) is 27.6. The van der Waals surface area contributed by atoms with Crippen LogP contribution in [0.15, 0.2) is 110 Å². The fourth-order valence-corrected chi connectivity index (χ4v) is 5.66. The molecule has 256 valence electrons. The van der Waals surface area contributed by atoms with Gasteiger partial charge in [-0.15, -0.1) is 0 Å². The Kier molecular flexibility index (Phi) is 10.8. The molecule has 51 heavy (non-hydrogen) atoms. The average molecular weight is 720 g/mol. The molecule has 6 aromatic rings. The van der Waals surface area contributed by atoms with Crippen molar-refractivity contribution >= 4 is 57.9 Å². The fourth-order valence-electron chi connectivity index (χ4n) is 5.22. The number of anilines is 4. The average Bonchev–Trinajstić information content (AvgIpc) is 4.00. The SMILES string of the molecule is COC(=O)c1cc(C2CC2)ccc1Nc1cnc(-c2ccccc2Cl)nc1.Cc1ccc(Nc2cnc(-c3ccccc3Cl)nc2)c(C(=O)O)c1. The Morgan fingerprint density at radius 1 is 0.706 bits per heavy atom. The van der Waals surface area contributed by atoms with Crippen molar-refractivity contribution in [3.63, 3.8) is 0 Å². The van der Waals surface area contributed by atoms with E-state index < -0.39 is 5.97 Å². The van der Waals surface area contributed by atoms with Crippen molar-refractivity contribution in [1.82, 2.24) is 19.9 Å². The number of hydrogen-bond donors (Lipinski definition) is 3. The third-order valence-electron chi connectivity index (χ3n) is 7.99. The Morgan fingerprint density at radius 3 is 1.67 bits per heavy atom. The summed E-state index contributed by atoms with van der Waals surface area (Å²) in [6.45, 7) is 1.84. The summed E-state index contributed by atoms with van der Waals surface area (Å²) in [5.74, 6) is 0.251. The molecule has 0 saturated heterocycles. The molecular formula is C39H32Cl2N6O4. The van der Waals surface area contributed by atoms with E-state index >= 15 is 0 Å². The number of esters is 1. The summed E-state index contributed by atoms with van der Waals surface area (Å²) in [5.41, 5.74) is 6.70. The van der Waals surface area contributed by atoms with E-state index in [1.54, 1.807) is 49.1 Å². The van der Waals surface area contributed by atoms with E-state index in [9.17, 15) is 14.7 Å². The molecule has 0 bridgehead atoms. The quantitative estimate of drug-likeness (QED) is 0.124. The van der Waals surface area contributed by atoms with Crippen LogP contribution in [0.3, 0.4) is 0 Å². The lowest BCUT2D eigenvalue weighted by molar-refractivity contribution is 0.0600. The van der Waals surface area contributed by atoms with Gasteiger partial charge in [0, 0.05) is 11.1 Å². The smallest absolute Gasteiger partial charge is 0.339 e. The van der Waals surface area contributed by atoms with Crippen LogP contribution in [0, 0.1) is 6.92 Å². The summed E-state index contributed by atoms with van der Waals surface area (Å²) >= 11 is 12.3. The Bertz CT molecular complexity index is 2190. The minimum atomic E-state index is -0.991. The third kappa shape index (κ3) is 8.67. The first-order valence-corrected chi connectivity index (χ1v) is 16.7. The van der Waals surface area contributed by atoms with E-state index in [1.807, 2.05) is 67.6 Å². The number of methoxy groups -OCH3 is 1. The number of aromatic carboxylic acids is 1. The van der Waals surface area contributed by atoms with E-state index in [0.29, 0.717) is 55.9 Å². The molecule has 0 amide bonds. The Balaban J connectivity index is 0.000000177. The lowest BCUT2D eigenvalue weighted by atomic mass is 10.0. The van der Waals surface area contributed by atoms with E-state index in [0.717, 1.165) is 16.7 Å². The summed E-state index contributed by atoms with van der Waals surface area (Å²) in [5, 5.41) is 16.7. The van der Waals surface area contributed by atoms with Crippen LogP contribution in [0.4, 0.5) is 22.7 Å². The first-order chi connectivity index (χ1) is 24.7. The van der Waals surface area contributed by atoms with Crippen LogP contribution in [-0.4, -0.2) is 44.1 Å². The van der Waals surface area contributed by atoms with Crippen molar-refractivity contribution in [2.75, 3.05) is 17.7 Å². The van der Waals surface area contributed by atoms with Crippen LogP contribution in [-0.2, 0) is 4.74 Å². The number of benzene rings is 4. The molecule has 1 aliphatic carbocycles. The van der Waals surface area contributed by atoms with Crippen LogP contribution in [0.2, 0.25) is 10.0 Å². The number of nitrogens with one attached hydrogen (secondary N) is 2. The number of nitrogens with zero attached hydrogens (tertiary/aromatic N) is 4. The number of rotatable bonds is 9. The molecule has 4 aromatic carbocycles. The van der Waals surface area contributed by atoms with Crippen LogP contribution < -0.4 is 10.6 Å². The summed E-state index contributed by atoms with van der Waals surface area (Å²) in [4.78, 5) is 40.9. The van der Waals surface area contributed by atoms with Gasteiger partial charge >= 0.3 is 11.9 Å². The molecule has 1 saturated carbocycles. The van der Waals surface area contributed by atoms with Crippen molar-refractivity contribution in [3.8, 4) is 22.8 Å². The van der Waals surface area contributed by atoms with Gasteiger partial charge in [-0.1, -0.05) is 65.2 Å². The monoisotopic (exact) mass is 718 g/mol.